The molecule has 0 atom stereocenters. The van der Waals surface area contributed by atoms with Gasteiger partial charge in [-0.05, 0) is 6.07 Å². The van der Waals surface area contributed by atoms with E-state index in [0.717, 1.165) is 5.69 Å². The molecule has 1 fully saturated rings. The number of nitrogens with zero attached hydrogens (tertiary/aromatic N) is 2. The molecule has 1 aromatic rings. The van der Waals surface area contributed by atoms with Crippen LogP contribution in [-0.4, -0.2) is 24.0 Å². The fourth-order valence-corrected chi connectivity index (χ4v) is 1.86. The Balaban J connectivity index is 2.11. The minimum Gasteiger partial charge on any atom is -0.382 e. The molecule has 1 aromatic heterocycles. The maximum Gasteiger partial charge on any atom is 0.251 e. The summed E-state index contributed by atoms with van der Waals surface area (Å²) in [6.07, 6.45) is 1.30. The first-order valence-corrected chi connectivity index (χ1v) is 5.39. The van der Waals surface area contributed by atoms with Crippen LogP contribution in [0.1, 0.15) is 12.8 Å². The smallest absolute Gasteiger partial charge is 0.251 e. The second-order valence-electron chi connectivity index (χ2n) is 3.90. The molecular formula is C10H12ClF2N3. The van der Waals surface area contributed by atoms with Gasteiger partial charge in [-0.3, -0.25) is 0 Å². The zero-order valence-electron chi connectivity index (χ0n) is 8.59. The van der Waals surface area contributed by atoms with Crippen molar-refractivity contribution in [3.05, 3.63) is 17.3 Å². The van der Waals surface area contributed by atoms with Gasteiger partial charge in [0.25, 0.3) is 5.92 Å². The number of alkyl halides is 2. The Bertz CT molecular complexity index is 388. The lowest BCUT2D eigenvalue weighted by Crippen LogP contribution is -2.39. The Labute approximate surface area is 97.2 Å². The van der Waals surface area contributed by atoms with Crippen molar-refractivity contribution >= 4 is 23.1 Å². The van der Waals surface area contributed by atoms with Gasteiger partial charge in [-0.2, -0.15) is 0 Å². The first-order chi connectivity index (χ1) is 7.48. The van der Waals surface area contributed by atoms with Crippen LogP contribution in [0.4, 0.5) is 20.3 Å². The van der Waals surface area contributed by atoms with Crippen LogP contribution in [0.25, 0.3) is 0 Å². The minimum atomic E-state index is -2.54. The largest absolute Gasteiger partial charge is 0.382 e. The number of piperidine rings is 1. The summed E-state index contributed by atoms with van der Waals surface area (Å²) in [5.41, 5.74) is 6.22. The Hall–Kier alpha value is -1.10. The van der Waals surface area contributed by atoms with Gasteiger partial charge in [-0.15, -0.1) is 0 Å². The number of pyridine rings is 1. The van der Waals surface area contributed by atoms with E-state index in [-0.39, 0.29) is 18.7 Å². The highest BCUT2D eigenvalue weighted by Gasteiger charge is 2.34. The van der Waals surface area contributed by atoms with Crippen LogP contribution in [0.15, 0.2) is 12.3 Å². The first kappa shape index (κ1) is 11.4. The normalized spacial score (nSPS) is 19.8. The molecule has 1 aliphatic heterocycles. The van der Waals surface area contributed by atoms with Gasteiger partial charge in [0.15, 0.2) is 0 Å². The number of nitrogen functional groups attached to an aromatic ring is 1. The van der Waals surface area contributed by atoms with E-state index < -0.39 is 5.92 Å². The van der Waals surface area contributed by atoms with Crippen molar-refractivity contribution in [3.63, 3.8) is 0 Å². The van der Waals surface area contributed by atoms with Crippen molar-refractivity contribution < 1.29 is 8.78 Å². The van der Waals surface area contributed by atoms with E-state index in [9.17, 15) is 8.78 Å². The summed E-state index contributed by atoms with van der Waals surface area (Å²) in [6.45, 7) is 0.629. The lowest BCUT2D eigenvalue weighted by atomic mass is 10.1. The highest BCUT2D eigenvalue weighted by atomic mass is 35.5. The van der Waals surface area contributed by atoms with Gasteiger partial charge in [0, 0.05) is 25.9 Å². The van der Waals surface area contributed by atoms with E-state index in [1.54, 1.807) is 12.3 Å². The third kappa shape index (κ3) is 2.35. The Morgan fingerprint density at radius 3 is 2.56 bits per heavy atom. The van der Waals surface area contributed by atoms with E-state index >= 15 is 0 Å². The zero-order chi connectivity index (χ0) is 11.8. The Kier molecular flexibility index (Phi) is 2.88. The van der Waals surface area contributed by atoms with E-state index in [2.05, 4.69) is 4.98 Å². The number of hydrogen-bond donors (Lipinski definition) is 1. The predicted octanol–water partition coefficient (Wildman–Crippen LogP) is 2.55. The highest BCUT2D eigenvalue weighted by Crippen LogP contribution is 2.31. The molecule has 0 amide bonds. The maximum absolute atomic E-state index is 12.9. The fraction of sp³-hybridized carbons (Fsp3) is 0.500. The summed E-state index contributed by atoms with van der Waals surface area (Å²) >= 11 is 5.83. The SMILES string of the molecule is Nc1ncc(N2CCC(F)(F)CC2)cc1Cl. The minimum absolute atomic E-state index is 0.130. The van der Waals surface area contributed by atoms with Gasteiger partial charge in [-0.1, -0.05) is 11.6 Å². The summed E-state index contributed by atoms with van der Waals surface area (Å²) in [4.78, 5) is 5.75. The molecule has 0 radical (unpaired) electrons. The number of anilines is 2. The molecule has 88 valence electrons. The molecular weight excluding hydrogens is 236 g/mol. The second-order valence-corrected chi connectivity index (χ2v) is 4.31. The molecule has 16 heavy (non-hydrogen) atoms. The number of hydrogen-bond acceptors (Lipinski definition) is 3. The van der Waals surface area contributed by atoms with Gasteiger partial charge in [0.2, 0.25) is 0 Å². The van der Waals surface area contributed by atoms with Crippen LogP contribution in [-0.2, 0) is 0 Å². The lowest BCUT2D eigenvalue weighted by Gasteiger charge is -2.33. The fourth-order valence-electron chi connectivity index (χ4n) is 1.70. The van der Waals surface area contributed by atoms with Gasteiger partial charge in [0.05, 0.1) is 16.9 Å². The van der Waals surface area contributed by atoms with Gasteiger partial charge in [-0.25, -0.2) is 13.8 Å². The number of nitrogens with two attached hydrogens (primary N) is 1. The third-order valence-electron chi connectivity index (χ3n) is 2.72. The summed E-state index contributed by atoms with van der Waals surface area (Å²) in [7, 11) is 0. The van der Waals surface area contributed by atoms with Gasteiger partial charge >= 0.3 is 0 Å². The van der Waals surface area contributed by atoms with Crippen LogP contribution in [0.2, 0.25) is 5.02 Å². The van der Waals surface area contributed by atoms with Crippen molar-refractivity contribution in [2.75, 3.05) is 23.7 Å². The van der Waals surface area contributed by atoms with Crippen molar-refractivity contribution in [2.45, 2.75) is 18.8 Å². The summed E-state index contributed by atoms with van der Waals surface area (Å²) < 4.78 is 25.9. The standard InChI is InChI=1S/C10H12ClF2N3/c11-8-5-7(6-15-9(8)14)16-3-1-10(12,13)2-4-16/h5-6H,1-4H2,(H2,14,15). The van der Waals surface area contributed by atoms with Crippen LogP contribution in [0.5, 0.6) is 0 Å². The average Bonchev–Trinajstić information content (AvgIpc) is 2.22. The van der Waals surface area contributed by atoms with Crippen LogP contribution in [0.3, 0.4) is 0 Å². The lowest BCUT2D eigenvalue weighted by molar-refractivity contribution is -0.0220. The number of rotatable bonds is 1. The monoisotopic (exact) mass is 247 g/mol. The molecule has 0 bridgehead atoms. The average molecular weight is 248 g/mol. The van der Waals surface area contributed by atoms with E-state index in [0.29, 0.717) is 18.1 Å². The Morgan fingerprint density at radius 2 is 2.00 bits per heavy atom. The first-order valence-electron chi connectivity index (χ1n) is 5.02. The molecule has 1 saturated heterocycles. The summed E-state index contributed by atoms with van der Waals surface area (Å²) in [6, 6.07) is 1.66. The molecule has 3 nitrogen and oxygen atoms in total. The summed E-state index contributed by atoms with van der Waals surface area (Å²) in [5, 5.41) is 0.356. The van der Waals surface area contributed by atoms with E-state index in [4.69, 9.17) is 17.3 Å². The molecule has 0 spiro atoms. The Morgan fingerprint density at radius 1 is 1.38 bits per heavy atom. The molecule has 0 saturated carbocycles. The maximum atomic E-state index is 12.9. The van der Waals surface area contributed by atoms with Crippen molar-refractivity contribution in [2.24, 2.45) is 0 Å². The van der Waals surface area contributed by atoms with E-state index in [1.807, 2.05) is 4.90 Å². The van der Waals surface area contributed by atoms with Gasteiger partial charge in [0.1, 0.15) is 5.82 Å². The van der Waals surface area contributed by atoms with Crippen molar-refractivity contribution in [3.8, 4) is 0 Å². The number of halogens is 3. The predicted molar refractivity (Wildman–Crippen MR) is 60.1 cm³/mol. The molecule has 0 aliphatic carbocycles. The number of aromatic nitrogens is 1. The van der Waals surface area contributed by atoms with Gasteiger partial charge < -0.3 is 10.6 Å². The van der Waals surface area contributed by atoms with E-state index in [1.165, 1.54) is 0 Å². The van der Waals surface area contributed by atoms with Crippen LogP contribution in [0, 0.1) is 0 Å². The molecule has 2 heterocycles. The molecule has 0 unspecified atom stereocenters. The van der Waals surface area contributed by atoms with Crippen LogP contribution < -0.4 is 10.6 Å². The quantitative estimate of drug-likeness (QED) is 0.829. The third-order valence-corrected chi connectivity index (χ3v) is 3.02. The van der Waals surface area contributed by atoms with Crippen molar-refractivity contribution in [1.29, 1.82) is 0 Å². The van der Waals surface area contributed by atoms with Crippen molar-refractivity contribution in [1.82, 2.24) is 4.98 Å². The molecule has 1 aliphatic rings. The molecule has 2 N–H and O–H groups in total. The topological polar surface area (TPSA) is 42.1 Å². The molecule has 6 heteroatoms. The van der Waals surface area contributed by atoms with Crippen LogP contribution >= 0.6 is 11.6 Å². The summed E-state index contributed by atoms with van der Waals surface area (Å²) in [5.74, 6) is -2.28. The molecule has 0 aromatic carbocycles. The second kappa shape index (κ2) is 4.05. The highest BCUT2D eigenvalue weighted by molar-refractivity contribution is 6.33. The zero-order valence-corrected chi connectivity index (χ0v) is 9.34. The molecule has 2 rings (SSSR count).